The van der Waals surface area contributed by atoms with Gasteiger partial charge in [-0.1, -0.05) is 6.92 Å². The molecule has 15 heavy (non-hydrogen) atoms. The highest BCUT2D eigenvalue weighted by atomic mass is 32.1. The topological polar surface area (TPSA) is 45.8 Å². The van der Waals surface area contributed by atoms with E-state index in [-0.39, 0.29) is 5.56 Å². The lowest BCUT2D eigenvalue weighted by atomic mass is 10.1. The second kappa shape index (κ2) is 3.98. The minimum absolute atomic E-state index is 0.0358. The van der Waals surface area contributed by atoms with Crippen LogP contribution in [0, 0.1) is 6.92 Å². The van der Waals surface area contributed by atoms with Crippen molar-refractivity contribution in [2.24, 2.45) is 0 Å². The number of hydrogen-bond acceptors (Lipinski definition) is 3. The standard InChI is InChI=1S/C11H12N2OS/c1-3-9-10(12-6-13-11(9)14)8-4-7(2)15-5-8/h4-6H,3H2,1-2H3,(H,12,13,14). The maximum Gasteiger partial charge on any atom is 0.254 e. The molecule has 0 aliphatic rings. The van der Waals surface area contributed by atoms with Gasteiger partial charge in [0, 0.05) is 21.4 Å². The summed E-state index contributed by atoms with van der Waals surface area (Å²) in [6.07, 6.45) is 2.16. The van der Waals surface area contributed by atoms with Crippen molar-refractivity contribution >= 4 is 11.3 Å². The third-order valence-electron chi connectivity index (χ3n) is 2.31. The minimum atomic E-state index is -0.0358. The molecule has 0 spiro atoms. The van der Waals surface area contributed by atoms with Crippen LogP contribution in [0.15, 0.2) is 22.6 Å². The summed E-state index contributed by atoms with van der Waals surface area (Å²) < 4.78 is 0. The highest BCUT2D eigenvalue weighted by molar-refractivity contribution is 7.10. The number of aromatic amines is 1. The predicted octanol–water partition coefficient (Wildman–Crippen LogP) is 2.37. The van der Waals surface area contributed by atoms with Crippen LogP contribution in [0.5, 0.6) is 0 Å². The number of H-pyrrole nitrogens is 1. The lowest BCUT2D eigenvalue weighted by Gasteiger charge is -2.02. The molecular formula is C11H12N2OS. The zero-order valence-corrected chi connectivity index (χ0v) is 9.52. The summed E-state index contributed by atoms with van der Waals surface area (Å²) in [5.41, 5.74) is 2.58. The zero-order valence-electron chi connectivity index (χ0n) is 8.70. The first-order valence-corrected chi connectivity index (χ1v) is 5.72. The first kappa shape index (κ1) is 10.1. The molecule has 0 unspecified atom stereocenters. The number of thiophene rings is 1. The van der Waals surface area contributed by atoms with Gasteiger partial charge in [-0.15, -0.1) is 11.3 Å². The van der Waals surface area contributed by atoms with Crippen LogP contribution < -0.4 is 5.56 Å². The average Bonchev–Trinajstić information content (AvgIpc) is 2.64. The number of hydrogen-bond donors (Lipinski definition) is 1. The van der Waals surface area contributed by atoms with Crippen LogP contribution in [-0.2, 0) is 6.42 Å². The summed E-state index contributed by atoms with van der Waals surface area (Å²) in [4.78, 5) is 19.6. The number of nitrogens with one attached hydrogen (secondary N) is 1. The van der Waals surface area contributed by atoms with Crippen molar-refractivity contribution in [3.8, 4) is 11.3 Å². The van der Waals surface area contributed by atoms with Crippen molar-refractivity contribution in [1.29, 1.82) is 0 Å². The molecule has 0 aromatic carbocycles. The van der Waals surface area contributed by atoms with Crippen LogP contribution in [0.4, 0.5) is 0 Å². The molecular weight excluding hydrogens is 208 g/mol. The normalized spacial score (nSPS) is 10.5. The van der Waals surface area contributed by atoms with Gasteiger partial charge in [0.15, 0.2) is 0 Å². The number of rotatable bonds is 2. The largest absolute Gasteiger partial charge is 0.313 e. The van der Waals surface area contributed by atoms with Gasteiger partial charge in [-0.3, -0.25) is 4.79 Å². The molecule has 78 valence electrons. The van der Waals surface area contributed by atoms with Gasteiger partial charge in [0.2, 0.25) is 0 Å². The second-order valence-electron chi connectivity index (χ2n) is 3.36. The summed E-state index contributed by atoms with van der Waals surface area (Å²) in [7, 11) is 0. The Morgan fingerprint density at radius 2 is 2.33 bits per heavy atom. The molecule has 3 nitrogen and oxygen atoms in total. The Kier molecular flexibility index (Phi) is 2.68. The first-order chi connectivity index (χ1) is 7.22. The van der Waals surface area contributed by atoms with Gasteiger partial charge in [0.25, 0.3) is 5.56 Å². The smallest absolute Gasteiger partial charge is 0.254 e. The molecule has 0 atom stereocenters. The second-order valence-corrected chi connectivity index (χ2v) is 4.47. The number of nitrogens with zero attached hydrogens (tertiary/aromatic N) is 1. The third kappa shape index (κ3) is 1.85. The Hall–Kier alpha value is -1.42. The van der Waals surface area contributed by atoms with E-state index in [4.69, 9.17) is 0 Å². The van der Waals surface area contributed by atoms with Gasteiger partial charge in [-0.05, 0) is 19.4 Å². The molecule has 1 N–H and O–H groups in total. The van der Waals surface area contributed by atoms with E-state index in [0.29, 0.717) is 6.42 Å². The Morgan fingerprint density at radius 3 is 2.93 bits per heavy atom. The molecule has 0 radical (unpaired) electrons. The van der Waals surface area contributed by atoms with Gasteiger partial charge in [-0.2, -0.15) is 0 Å². The van der Waals surface area contributed by atoms with Crippen molar-refractivity contribution < 1.29 is 0 Å². The van der Waals surface area contributed by atoms with E-state index in [1.165, 1.54) is 11.2 Å². The van der Waals surface area contributed by atoms with Crippen molar-refractivity contribution in [1.82, 2.24) is 9.97 Å². The quantitative estimate of drug-likeness (QED) is 0.844. The van der Waals surface area contributed by atoms with Crippen LogP contribution in [0.25, 0.3) is 11.3 Å². The van der Waals surface area contributed by atoms with Gasteiger partial charge in [-0.25, -0.2) is 4.98 Å². The predicted molar refractivity (Wildman–Crippen MR) is 62.3 cm³/mol. The van der Waals surface area contributed by atoms with Crippen molar-refractivity contribution in [3.05, 3.63) is 38.6 Å². The van der Waals surface area contributed by atoms with Crippen LogP contribution in [0.2, 0.25) is 0 Å². The zero-order chi connectivity index (χ0) is 10.8. The molecule has 0 aliphatic heterocycles. The average molecular weight is 220 g/mol. The maximum atomic E-state index is 11.6. The first-order valence-electron chi connectivity index (χ1n) is 4.84. The minimum Gasteiger partial charge on any atom is -0.313 e. The van der Waals surface area contributed by atoms with Crippen molar-refractivity contribution in [2.75, 3.05) is 0 Å². The molecule has 0 saturated carbocycles. The lowest BCUT2D eigenvalue weighted by molar-refractivity contribution is 1.01. The molecule has 0 aliphatic carbocycles. The maximum absolute atomic E-state index is 11.6. The Labute approximate surface area is 91.8 Å². The van der Waals surface area contributed by atoms with Gasteiger partial charge in [0.05, 0.1) is 12.0 Å². The lowest BCUT2D eigenvalue weighted by Crippen LogP contribution is -2.13. The molecule has 2 heterocycles. The fourth-order valence-electron chi connectivity index (χ4n) is 1.57. The van der Waals surface area contributed by atoms with E-state index >= 15 is 0 Å². The molecule has 0 amide bonds. The van der Waals surface area contributed by atoms with E-state index in [1.54, 1.807) is 11.3 Å². The Bertz CT molecular complexity index is 527. The fourth-order valence-corrected chi connectivity index (χ4v) is 2.26. The van der Waals surface area contributed by atoms with E-state index in [1.807, 2.05) is 19.2 Å². The van der Waals surface area contributed by atoms with Crippen molar-refractivity contribution in [3.63, 3.8) is 0 Å². The highest BCUT2D eigenvalue weighted by Gasteiger charge is 2.09. The highest BCUT2D eigenvalue weighted by Crippen LogP contribution is 2.24. The van der Waals surface area contributed by atoms with Crippen LogP contribution in [0.3, 0.4) is 0 Å². The summed E-state index contributed by atoms with van der Waals surface area (Å²) in [6.45, 7) is 4.02. The van der Waals surface area contributed by atoms with Crippen molar-refractivity contribution in [2.45, 2.75) is 20.3 Å². The Morgan fingerprint density at radius 1 is 1.53 bits per heavy atom. The van der Waals surface area contributed by atoms with Gasteiger partial charge in [0.1, 0.15) is 0 Å². The number of aryl methyl sites for hydroxylation is 1. The summed E-state index contributed by atoms with van der Waals surface area (Å²) in [5.74, 6) is 0. The monoisotopic (exact) mass is 220 g/mol. The molecule has 2 rings (SSSR count). The van der Waals surface area contributed by atoms with E-state index in [0.717, 1.165) is 16.8 Å². The molecule has 0 saturated heterocycles. The van der Waals surface area contributed by atoms with E-state index in [9.17, 15) is 4.79 Å². The summed E-state index contributed by atoms with van der Waals surface area (Å²) >= 11 is 1.67. The molecule has 2 aromatic heterocycles. The molecule has 0 fully saturated rings. The third-order valence-corrected chi connectivity index (χ3v) is 3.17. The molecule has 4 heteroatoms. The van der Waals surface area contributed by atoms with Gasteiger partial charge >= 0.3 is 0 Å². The van der Waals surface area contributed by atoms with Crippen LogP contribution in [-0.4, -0.2) is 9.97 Å². The van der Waals surface area contributed by atoms with Gasteiger partial charge < -0.3 is 4.98 Å². The van der Waals surface area contributed by atoms with Crippen LogP contribution in [0.1, 0.15) is 17.4 Å². The molecule has 0 bridgehead atoms. The fraction of sp³-hybridized carbons (Fsp3) is 0.273. The Balaban J connectivity index is 2.62. The summed E-state index contributed by atoms with van der Waals surface area (Å²) in [5, 5.41) is 2.04. The summed E-state index contributed by atoms with van der Waals surface area (Å²) in [6, 6.07) is 2.06. The SMILES string of the molecule is CCc1c(-c2csc(C)c2)nc[nH]c1=O. The van der Waals surface area contributed by atoms with E-state index in [2.05, 4.69) is 16.0 Å². The van der Waals surface area contributed by atoms with Crippen LogP contribution >= 0.6 is 11.3 Å². The van der Waals surface area contributed by atoms with E-state index < -0.39 is 0 Å². The number of aromatic nitrogens is 2. The molecule has 2 aromatic rings.